The molecule has 2 rings (SSSR count). The third-order valence-corrected chi connectivity index (χ3v) is 3.71. The van der Waals surface area contributed by atoms with Crippen molar-refractivity contribution < 1.29 is 19.7 Å². The molecule has 4 nitrogen and oxygen atoms in total. The lowest BCUT2D eigenvalue weighted by atomic mass is 10.0. The summed E-state index contributed by atoms with van der Waals surface area (Å²) >= 11 is 0. The van der Waals surface area contributed by atoms with Crippen molar-refractivity contribution in [2.24, 2.45) is 0 Å². The fourth-order valence-electron chi connectivity index (χ4n) is 2.35. The molecule has 25 heavy (non-hydrogen) atoms. The maximum Gasteiger partial charge on any atom is 0.119 e. The van der Waals surface area contributed by atoms with E-state index in [1.54, 1.807) is 6.08 Å². The number of benzene rings is 2. The van der Waals surface area contributed by atoms with E-state index in [2.05, 4.69) is 6.58 Å². The van der Waals surface area contributed by atoms with Crippen LogP contribution in [0.4, 0.5) is 0 Å². The van der Waals surface area contributed by atoms with Crippen molar-refractivity contribution in [1.29, 1.82) is 0 Å². The van der Waals surface area contributed by atoms with Crippen LogP contribution in [0.25, 0.3) is 0 Å². The van der Waals surface area contributed by atoms with Gasteiger partial charge in [0.2, 0.25) is 0 Å². The zero-order chi connectivity index (χ0) is 17.9. The van der Waals surface area contributed by atoms with Gasteiger partial charge in [0.25, 0.3) is 0 Å². The summed E-state index contributed by atoms with van der Waals surface area (Å²) in [6.45, 7) is 4.53. The Labute approximate surface area is 149 Å². The highest BCUT2D eigenvalue weighted by molar-refractivity contribution is 5.34. The molecule has 2 N–H and O–H groups in total. The highest BCUT2D eigenvalue weighted by Crippen LogP contribution is 2.18. The normalized spacial score (nSPS) is 11.8. The first-order valence-corrected chi connectivity index (χ1v) is 8.54. The van der Waals surface area contributed by atoms with Gasteiger partial charge in [-0.25, -0.2) is 0 Å². The molecule has 4 heteroatoms. The molecule has 0 saturated carbocycles. The van der Waals surface area contributed by atoms with E-state index in [1.165, 1.54) is 11.1 Å². The molecule has 0 aliphatic heterocycles. The maximum atomic E-state index is 9.63. The Bertz CT molecular complexity index is 619. The van der Waals surface area contributed by atoms with Crippen LogP contribution in [0.15, 0.2) is 61.2 Å². The molecule has 0 radical (unpaired) electrons. The average molecular weight is 342 g/mol. The summed E-state index contributed by atoms with van der Waals surface area (Å²) in [6, 6.07) is 15.9. The van der Waals surface area contributed by atoms with Crippen molar-refractivity contribution >= 4 is 0 Å². The molecule has 0 fully saturated rings. The van der Waals surface area contributed by atoms with Gasteiger partial charge in [0.1, 0.15) is 18.1 Å². The van der Waals surface area contributed by atoms with Gasteiger partial charge in [0.15, 0.2) is 0 Å². The molecule has 0 saturated heterocycles. The quantitative estimate of drug-likeness (QED) is 0.486. The second kappa shape index (κ2) is 10.5. The van der Waals surface area contributed by atoms with Crippen molar-refractivity contribution in [3.63, 3.8) is 0 Å². The van der Waals surface area contributed by atoms with E-state index in [0.29, 0.717) is 19.4 Å². The van der Waals surface area contributed by atoms with Gasteiger partial charge in [-0.1, -0.05) is 30.3 Å². The summed E-state index contributed by atoms with van der Waals surface area (Å²) in [5, 5.41) is 18.4. The third kappa shape index (κ3) is 6.99. The van der Waals surface area contributed by atoms with Crippen molar-refractivity contribution in [3.05, 3.63) is 72.3 Å². The van der Waals surface area contributed by atoms with Gasteiger partial charge in [-0.2, -0.15) is 0 Å². The van der Waals surface area contributed by atoms with E-state index < -0.39 is 6.10 Å². The van der Waals surface area contributed by atoms with Crippen molar-refractivity contribution in [2.45, 2.75) is 25.4 Å². The molecule has 0 spiro atoms. The van der Waals surface area contributed by atoms with E-state index in [1.807, 2.05) is 48.5 Å². The van der Waals surface area contributed by atoms with Gasteiger partial charge in [-0.05, 0) is 48.2 Å². The van der Waals surface area contributed by atoms with Gasteiger partial charge in [-0.3, -0.25) is 0 Å². The number of ether oxygens (including phenoxy) is 2. The van der Waals surface area contributed by atoms with Gasteiger partial charge in [0, 0.05) is 13.0 Å². The number of aliphatic hydroxyl groups excluding tert-OH is 2. The van der Waals surface area contributed by atoms with Gasteiger partial charge >= 0.3 is 0 Å². The van der Waals surface area contributed by atoms with Gasteiger partial charge in [0.05, 0.1) is 12.7 Å². The smallest absolute Gasteiger partial charge is 0.119 e. The third-order valence-electron chi connectivity index (χ3n) is 3.71. The lowest BCUT2D eigenvalue weighted by Gasteiger charge is -2.11. The Morgan fingerprint density at radius 3 is 2.00 bits per heavy atom. The fraction of sp³-hybridized carbons (Fsp3) is 0.333. The summed E-state index contributed by atoms with van der Waals surface area (Å²) in [4.78, 5) is 0. The molecule has 1 atom stereocenters. The maximum absolute atomic E-state index is 9.63. The summed E-state index contributed by atoms with van der Waals surface area (Å²) in [5.41, 5.74) is 2.39. The molecule has 0 heterocycles. The molecule has 0 aromatic heterocycles. The second-order valence-corrected chi connectivity index (χ2v) is 5.88. The number of aliphatic hydroxyl groups is 2. The highest BCUT2D eigenvalue weighted by Gasteiger charge is 2.03. The molecule has 2 aromatic carbocycles. The number of rotatable bonds is 11. The Kier molecular flexibility index (Phi) is 8.02. The number of hydrogen-bond acceptors (Lipinski definition) is 4. The summed E-state index contributed by atoms with van der Waals surface area (Å²) in [5.74, 6) is 1.57. The lowest BCUT2D eigenvalue weighted by Crippen LogP contribution is -2.16. The SMILES string of the molecule is C=CCC(O)COc1ccc(Cc2ccc(OCCCO)cc2)cc1. The minimum absolute atomic E-state index is 0.144. The van der Waals surface area contributed by atoms with Crippen LogP contribution in [-0.4, -0.2) is 36.1 Å². The molecule has 0 amide bonds. The average Bonchev–Trinajstić information content (AvgIpc) is 2.63. The highest BCUT2D eigenvalue weighted by atomic mass is 16.5. The Morgan fingerprint density at radius 2 is 1.48 bits per heavy atom. The van der Waals surface area contributed by atoms with Crippen LogP contribution in [-0.2, 0) is 6.42 Å². The van der Waals surface area contributed by atoms with Crippen LogP contribution >= 0.6 is 0 Å². The molecular formula is C21H26O4. The lowest BCUT2D eigenvalue weighted by molar-refractivity contribution is 0.110. The van der Waals surface area contributed by atoms with Crippen LogP contribution < -0.4 is 9.47 Å². The molecule has 134 valence electrons. The predicted molar refractivity (Wildman–Crippen MR) is 99.2 cm³/mol. The molecule has 0 bridgehead atoms. The predicted octanol–water partition coefficient (Wildman–Crippen LogP) is 3.35. The van der Waals surface area contributed by atoms with E-state index >= 15 is 0 Å². The largest absolute Gasteiger partial charge is 0.494 e. The Hall–Kier alpha value is -2.30. The zero-order valence-corrected chi connectivity index (χ0v) is 14.4. The monoisotopic (exact) mass is 342 g/mol. The van der Waals surface area contributed by atoms with Crippen molar-refractivity contribution in [1.82, 2.24) is 0 Å². The first kappa shape index (κ1) is 19.0. The standard InChI is InChI=1S/C21H26O4/c1-2-4-19(23)16-25-21-11-7-18(8-12-21)15-17-5-9-20(10-6-17)24-14-3-13-22/h2,5-12,19,22-23H,1,3-4,13-16H2. The van der Waals surface area contributed by atoms with Crippen molar-refractivity contribution in [3.8, 4) is 11.5 Å². The zero-order valence-electron chi connectivity index (χ0n) is 14.4. The van der Waals surface area contributed by atoms with E-state index in [0.717, 1.165) is 17.9 Å². The minimum atomic E-state index is -0.518. The molecular weight excluding hydrogens is 316 g/mol. The molecule has 2 aromatic rings. The van der Waals surface area contributed by atoms with Gasteiger partial charge < -0.3 is 19.7 Å². The van der Waals surface area contributed by atoms with Crippen LogP contribution in [0.1, 0.15) is 24.0 Å². The number of hydrogen-bond donors (Lipinski definition) is 2. The fourth-order valence-corrected chi connectivity index (χ4v) is 2.35. The summed E-state index contributed by atoms with van der Waals surface area (Å²) in [6.07, 6.45) is 3.16. The van der Waals surface area contributed by atoms with Gasteiger partial charge in [-0.15, -0.1) is 6.58 Å². The molecule has 1 unspecified atom stereocenters. The van der Waals surface area contributed by atoms with E-state index in [4.69, 9.17) is 14.6 Å². The van der Waals surface area contributed by atoms with Crippen LogP contribution in [0, 0.1) is 0 Å². The minimum Gasteiger partial charge on any atom is -0.494 e. The van der Waals surface area contributed by atoms with Crippen molar-refractivity contribution in [2.75, 3.05) is 19.8 Å². The Morgan fingerprint density at radius 1 is 0.920 bits per heavy atom. The van der Waals surface area contributed by atoms with E-state index in [9.17, 15) is 5.11 Å². The molecule has 0 aliphatic rings. The Balaban J connectivity index is 1.83. The van der Waals surface area contributed by atoms with E-state index in [-0.39, 0.29) is 13.2 Å². The van der Waals surface area contributed by atoms with Crippen LogP contribution in [0.3, 0.4) is 0 Å². The van der Waals surface area contributed by atoms with Crippen LogP contribution in [0.2, 0.25) is 0 Å². The first-order chi connectivity index (χ1) is 12.2. The summed E-state index contributed by atoms with van der Waals surface area (Å²) < 4.78 is 11.1. The van der Waals surface area contributed by atoms with Crippen LogP contribution in [0.5, 0.6) is 11.5 Å². The summed E-state index contributed by atoms with van der Waals surface area (Å²) in [7, 11) is 0. The molecule has 0 aliphatic carbocycles. The first-order valence-electron chi connectivity index (χ1n) is 8.54. The second-order valence-electron chi connectivity index (χ2n) is 5.88. The topological polar surface area (TPSA) is 58.9 Å².